The van der Waals surface area contributed by atoms with E-state index in [2.05, 4.69) is 22.6 Å². The zero-order valence-corrected chi connectivity index (χ0v) is 9.31. The first-order valence-electron chi connectivity index (χ1n) is 5.42. The highest BCUT2D eigenvalue weighted by Gasteiger charge is 2.21. The van der Waals surface area contributed by atoms with Crippen LogP contribution in [0.2, 0.25) is 0 Å². The van der Waals surface area contributed by atoms with Gasteiger partial charge >= 0.3 is 0 Å². The first-order chi connectivity index (χ1) is 7.27. The van der Waals surface area contributed by atoms with Crippen molar-refractivity contribution in [1.29, 1.82) is 0 Å². The van der Waals surface area contributed by atoms with E-state index >= 15 is 0 Å². The van der Waals surface area contributed by atoms with Gasteiger partial charge in [-0.25, -0.2) is 0 Å². The minimum atomic E-state index is 0.488. The lowest BCUT2D eigenvalue weighted by molar-refractivity contribution is 0.178. The van der Waals surface area contributed by atoms with Gasteiger partial charge in [0.1, 0.15) is 0 Å². The molecule has 2 atom stereocenters. The molecule has 0 amide bonds. The van der Waals surface area contributed by atoms with Crippen LogP contribution in [0.4, 0.5) is 0 Å². The Hall–Kier alpha value is -0.940. The molecule has 0 saturated carbocycles. The second-order valence-electron chi connectivity index (χ2n) is 4.14. The van der Waals surface area contributed by atoms with E-state index in [1.165, 1.54) is 0 Å². The van der Waals surface area contributed by atoms with E-state index in [1.54, 1.807) is 10.9 Å². The third-order valence-corrected chi connectivity index (χ3v) is 3.09. The number of hydrogen-bond acceptors (Lipinski definition) is 4. The Morgan fingerprint density at radius 2 is 2.60 bits per heavy atom. The SMILES string of the molecule is CC(NCc1cnnn1C)C1CCOC1. The van der Waals surface area contributed by atoms with E-state index in [0.29, 0.717) is 12.0 Å². The van der Waals surface area contributed by atoms with Crippen LogP contribution in [0.3, 0.4) is 0 Å². The molecule has 5 heteroatoms. The number of nitrogens with one attached hydrogen (secondary N) is 1. The summed E-state index contributed by atoms with van der Waals surface area (Å²) in [5, 5.41) is 11.2. The molecule has 1 aromatic rings. The number of aryl methyl sites for hydroxylation is 1. The zero-order chi connectivity index (χ0) is 10.7. The molecule has 0 aliphatic carbocycles. The van der Waals surface area contributed by atoms with Crippen molar-refractivity contribution < 1.29 is 4.74 Å². The summed E-state index contributed by atoms with van der Waals surface area (Å²) in [4.78, 5) is 0. The smallest absolute Gasteiger partial charge is 0.0738 e. The highest BCUT2D eigenvalue weighted by Crippen LogP contribution is 2.16. The van der Waals surface area contributed by atoms with Gasteiger partial charge in [-0.05, 0) is 19.3 Å². The van der Waals surface area contributed by atoms with E-state index in [1.807, 2.05) is 7.05 Å². The van der Waals surface area contributed by atoms with Gasteiger partial charge in [-0.15, -0.1) is 5.10 Å². The lowest BCUT2D eigenvalue weighted by atomic mass is 10.0. The van der Waals surface area contributed by atoms with Crippen molar-refractivity contribution in [1.82, 2.24) is 20.3 Å². The Morgan fingerprint density at radius 3 is 3.20 bits per heavy atom. The van der Waals surface area contributed by atoms with Crippen LogP contribution in [0.1, 0.15) is 19.0 Å². The van der Waals surface area contributed by atoms with Gasteiger partial charge in [0.05, 0.1) is 18.5 Å². The van der Waals surface area contributed by atoms with Crippen LogP contribution in [0.5, 0.6) is 0 Å². The van der Waals surface area contributed by atoms with Crippen molar-refractivity contribution in [3.8, 4) is 0 Å². The summed E-state index contributed by atoms with van der Waals surface area (Å²) in [5.41, 5.74) is 1.11. The minimum Gasteiger partial charge on any atom is -0.381 e. The third-order valence-electron chi connectivity index (χ3n) is 3.09. The molecule has 5 nitrogen and oxygen atoms in total. The van der Waals surface area contributed by atoms with Crippen molar-refractivity contribution in [2.45, 2.75) is 25.9 Å². The molecule has 1 N–H and O–H groups in total. The minimum absolute atomic E-state index is 0.488. The van der Waals surface area contributed by atoms with E-state index in [0.717, 1.165) is 31.9 Å². The van der Waals surface area contributed by atoms with Gasteiger partial charge in [0.25, 0.3) is 0 Å². The lowest BCUT2D eigenvalue weighted by Crippen LogP contribution is -2.33. The Morgan fingerprint density at radius 1 is 1.73 bits per heavy atom. The van der Waals surface area contributed by atoms with Crippen LogP contribution >= 0.6 is 0 Å². The van der Waals surface area contributed by atoms with Crippen molar-refractivity contribution in [3.05, 3.63) is 11.9 Å². The molecule has 0 radical (unpaired) electrons. The molecule has 15 heavy (non-hydrogen) atoms. The Balaban J connectivity index is 1.80. The van der Waals surface area contributed by atoms with E-state index < -0.39 is 0 Å². The van der Waals surface area contributed by atoms with Gasteiger partial charge in [0.2, 0.25) is 0 Å². The molecule has 2 unspecified atom stereocenters. The zero-order valence-electron chi connectivity index (χ0n) is 9.31. The quantitative estimate of drug-likeness (QED) is 0.778. The Bertz CT molecular complexity index is 306. The Labute approximate surface area is 89.8 Å². The molecule has 1 aromatic heterocycles. The fourth-order valence-electron chi connectivity index (χ4n) is 1.85. The first-order valence-corrected chi connectivity index (χ1v) is 5.42. The standard InChI is InChI=1S/C10H18N4O/c1-8(9-3-4-15-7-9)11-5-10-6-12-13-14(10)2/h6,8-9,11H,3-5,7H2,1-2H3. The number of rotatable bonds is 4. The summed E-state index contributed by atoms with van der Waals surface area (Å²) in [6, 6.07) is 0.488. The van der Waals surface area contributed by atoms with Crippen molar-refractivity contribution in [2.24, 2.45) is 13.0 Å². The average molecular weight is 210 g/mol. The van der Waals surface area contributed by atoms with E-state index in [9.17, 15) is 0 Å². The topological polar surface area (TPSA) is 52.0 Å². The van der Waals surface area contributed by atoms with Crippen molar-refractivity contribution in [2.75, 3.05) is 13.2 Å². The molecule has 0 aromatic carbocycles. The maximum Gasteiger partial charge on any atom is 0.0738 e. The summed E-state index contributed by atoms with van der Waals surface area (Å²) >= 11 is 0. The molecule has 2 heterocycles. The molecule has 0 spiro atoms. The van der Waals surface area contributed by atoms with Gasteiger partial charge in [0.15, 0.2) is 0 Å². The molecule has 0 bridgehead atoms. The van der Waals surface area contributed by atoms with Crippen LogP contribution in [-0.4, -0.2) is 34.2 Å². The average Bonchev–Trinajstić information content (AvgIpc) is 2.85. The number of nitrogens with zero attached hydrogens (tertiary/aromatic N) is 3. The molecular weight excluding hydrogens is 192 g/mol. The second-order valence-corrected chi connectivity index (χ2v) is 4.14. The summed E-state index contributed by atoms with van der Waals surface area (Å²) in [6.07, 6.45) is 2.96. The van der Waals surface area contributed by atoms with E-state index in [4.69, 9.17) is 4.74 Å². The first kappa shape index (κ1) is 10.6. The summed E-state index contributed by atoms with van der Waals surface area (Å²) < 4.78 is 7.17. The maximum absolute atomic E-state index is 5.37. The van der Waals surface area contributed by atoms with Crippen LogP contribution in [0.15, 0.2) is 6.20 Å². The molecule has 84 valence electrons. The van der Waals surface area contributed by atoms with Crippen molar-refractivity contribution >= 4 is 0 Å². The predicted molar refractivity (Wildman–Crippen MR) is 56.2 cm³/mol. The lowest BCUT2D eigenvalue weighted by Gasteiger charge is -2.18. The predicted octanol–water partition coefficient (Wildman–Crippen LogP) is 0.330. The number of hydrogen-bond donors (Lipinski definition) is 1. The summed E-state index contributed by atoms with van der Waals surface area (Å²) in [7, 11) is 1.91. The van der Waals surface area contributed by atoms with Crippen molar-refractivity contribution in [3.63, 3.8) is 0 Å². The van der Waals surface area contributed by atoms with Gasteiger partial charge < -0.3 is 10.1 Å². The third kappa shape index (κ3) is 2.54. The van der Waals surface area contributed by atoms with Crippen LogP contribution < -0.4 is 5.32 Å². The summed E-state index contributed by atoms with van der Waals surface area (Å²) in [6.45, 7) is 4.83. The fourth-order valence-corrected chi connectivity index (χ4v) is 1.85. The summed E-state index contributed by atoms with van der Waals surface area (Å²) in [5.74, 6) is 0.645. The highest BCUT2D eigenvalue weighted by molar-refractivity contribution is 4.93. The van der Waals surface area contributed by atoms with Crippen LogP contribution in [0, 0.1) is 5.92 Å². The fraction of sp³-hybridized carbons (Fsp3) is 0.800. The molecule has 2 rings (SSSR count). The second kappa shape index (κ2) is 4.72. The van der Waals surface area contributed by atoms with Gasteiger partial charge in [-0.1, -0.05) is 5.21 Å². The van der Waals surface area contributed by atoms with Gasteiger partial charge in [0, 0.05) is 26.2 Å². The highest BCUT2D eigenvalue weighted by atomic mass is 16.5. The van der Waals surface area contributed by atoms with E-state index in [-0.39, 0.29) is 0 Å². The Kier molecular flexibility index (Phi) is 3.33. The normalized spacial score (nSPS) is 23.2. The van der Waals surface area contributed by atoms with Gasteiger partial charge in [-0.2, -0.15) is 0 Å². The monoisotopic (exact) mass is 210 g/mol. The molecular formula is C10H18N4O. The number of ether oxygens (including phenoxy) is 1. The molecule has 1 aliphatic rings. The molecule has 1 saturated heterocycles. The number of aromatic nitrogens is 3. The van der Waals surface area contributed by atoms with Gasteiger partial charge in [-0.3, -0.25) is 4.68 Å². The van der Waals surface area contributed by atoms with Crippen LogP contribution in [0.25, 0.3) is 0 Å². The molecule has 1 aliphatic heterocycles. The largest absolute Gasteiger partial charge is 0.381 e. The van der Waals surface area contributed by atoms with Crippen LogP contribution in [-0.2, 0) is 18.3 Å². The maximum atomic E-state index is 5.37. The molecule has 1 fully saturated rings.